The van der Waals surface area contributed by atoms with E-state index in [-0.39, 0.29) is 12.5 Å². The highest BCUT2D eigenvalue weighted by molar-refractivity contribution is 6.09. The number of rotatable bonds is 6. The molecule has 1 saturated carbocycles. The van der Waals surface area contributed by atoms with Gasteiger partial charge in [0.25, 0.3) is 5.91 Å². The summed E-state index contributed by atoms with van der Waals surface area (Å²) < 4.78 is 0. The van der Waals surface area contributed by atoms with E-state index in [1.165, 1.54) is 9.80 Å². The van der Waals surface area contributed by atoms with E-state index in [2.05, 4.69) is 0 Å². The van der Waals surface area contributed by atoms with Gasteiger partial charge in [-0.1, -0.05) is 26.2 Å². The summed E-state index contributed by atoms with van der Waals surface area (Å²) in [6, 6.07) is -0.470. The van der Waals surface area contributed by atoms with Gasteiger partial charge in [0, 0.05) is 13.6 Å². The molecule has 1 aliphatic carbocycles. The normalized spacial score (nSPS) is 19.9. The Morgan fingerprint density at radius 1 is 1.21 bits per heavy atom. The number of urea groups is 1. The van der Waals surface area contributed by atoms with Gasteiger partial charge in [0.15, 0.2) is 0 Å². The molecule has 0 radical (unpaired) electrons. The maximum Gasteiger partial charge on any atom is 0.327 e. The Bertz CT molecular complexity index is 542. The molecule has 0 bridgehead atoms. The van der Waals surface area contributed by atoms with Crippen molar-refractivity contribution in [1.29, 1.82) is 0 Å². The van der Waals surface area contributed by atoms with Crippen molar-refractivity contribution in [3.8, 4) is 0 Å². The number of carboxylic acid groups (broad SMARTS) is 1. The minimum Gasteiger partial charge on any atom is -0.480 e. The molecule has 2 rings (SSSR count). The van der Waals surface area contributed by atoms with Crippen LogP contribution >= 0.6 is 0 Å². The fourth-order valence-electron chi connectivity index (χ4n) is 3.63. The zero-order valence-electron chi connectivity index (χ0n) is 14.3. The zero-order valence-corrected chi connectivity index (χ0v) is 14.3. The molecule has 8 nitrogen and oxygen atoms in total. The number of carboxylic acids is 1. The third kappa shape index (κ3) is 3.22. The number of imide groups is 1. The molecule has 0 unspecified atom stereocenters. The number of aliphatic carboxylic acids is 1. The molecule has 1 heterocycles. The van der Waals surface area contributed by atoms with Crippen LogP contribution in [0.2, 0.25) is 0 Å². The van der Waals surface area contributed by atoms with Gasteiger partial charge >= 0.3 is 12.0 Å². The lowest BCUT2D eigenvalue weighted by atomic mass is 9.81. The number of likely N-dealkylation sites (N-methyl/N-ethyl adjacent to an activating group) is 1. The van der Waals surface area contributed by atoms with Gasteiger partial charge in [0.2, 0.25) is 5.91 Å². The Kier molecular flexibility index (Phi) is 5.46. The van der Waals surface area contributed by atoms with Gasteiger partial charge in [-0.15, -0.1) is 0 Å². The molecule has 0 atom stereocenters. The summed E-state index contributed by atoms with van der Waals surface area (Å²) >= 11 is 0. The summed E-state index contributed by atoms with van der Waals surface area (Å²) in [5, 5.41) is 8.92. The van der Waals surface area contributed by atoms with Crippen LogP contribution in [0, 0.1) is 0 Å². The maximum absolute atomic E-state index is 12.8. The van der Waals surface area contributed by atoms with Crippen LogP contribution in [0.1, 0.15) is 45.4 Å². The van der Waals surface area contributed by atoms with Crippen LogP contribution in [-0.2, 0) is 14.4 Å². The van der Waals surface area contributed by atoms with Crippen LogP contribution in [0.15, 0.2) is 0 Å². The highest BCUT2D eigenvalue weighted by Gasteiger charge is 2.55. The summed E-state index contributed by atoms with van der Waals surface area (Å²) in [5.74, 6) is -1.95. The second kappa shape index (κ2) is 7.19. The van der Waals surface area contributed by atoms with Crippen LogP contribution in [0.5, 0.6) is 0 Å². The van der Waals surface area contributed by atoms with E-state index in [0.29, 0.717) is 19.3 Å². The van der Waals surface area contributed by atoms with Crippen LogP contribution < -0.4 is 0 Å². The maximum atomic E-state index is 12.8. The molecule has 1 saturated heterocycles. The molecule has 0 aromatic heterocycles. The number of hydrogen-bond donors (Lipinski definition) is 1. The van der Waals surface area contributed by atoms with E-state index in [9.17, 15) is 19.2 Å². The first kappa shape index (κ1) is 18.2. The molecular formula is C16H25N3O5. The van der Waals surface area contributed by atoms with E-state index in [4.69, 9.17) is 5.11 Å². The van der Waals surface area contributed by atoms with Crippen molar-refractivity contribution in [2.24, 2.45) is 0 Å². The molecule has 0 aromatic rings. The molecule has 8 heteroatoms. The first-order valence-electron chi connectivity index (χ1n) is 8.43. The van der Waals surface area contributed by atoms with Crippen molar-refractivity contribution < 1.29 is 24.3 Å². The standard InChI is InChI=1S/C16H25N3O5/c1-3-9-18(11-13(21)22)12(20)10-19-14(23)16(17(2)15(19)24)7-5-4-6-8-16/h3-11H2,1-2H3,(H,21,22). The number of nitrogens with zero attached hydrogens (tertiary/aromatic N) is 3. The van der Waals surface area contributed by atoms with Crippen LogP contribution in [0.3, 0.4) is 0 Å². The number of hydrogen-bond acceptors (Lipinski definition) is 4. The summed E-state index contributed by atoms with van der Waals surface area (Å²) in [4.78, 5) is 52.2. The van der Waals surface area contributed by atoms with Crippen molar-refractivity contribution in [3.63, 3.8) is 0 Å². The fraction of sp³-hybridized carbons (Fsp3) is 0.750. The van der Waals surface area contributed by atoms with E-state index in [1.54, 1.807) is 7.05 Å². The number of carbonyl (C=O) groups is 4. The topological polar surface area (TPSA) is 98.2 Å². The quantitative estimate of drug-likeness (QED) is 0.725. The van der Waals surface area contributed by atoms with Crippen molar-refractivity contribution in [1.82, 2.24) is 14.7 Å². The van der Waals surface area contributed by atoms with Crippen molar-refractivity contribution in [3.05, 3.63) is 0 Å². The molecule has 2 fully saturated rings. The minimum absolute atomic E-state index is 0.280. The van der Waals surface area contributed by atoms with E-state index < -0.39 is 36.5 Å². The predicted molar refractivity (Wildman–Crippen MR) is 85.2 cm³/mol. The molecule has 4 amide bonds. The second-order valence-electron chi connectivity index (χ2n) is 6.53. The fourth-order valence-corrected chi connectivity index (χ4v) is 3.63. The average Bonchev–Trinajstić information content (AvgIpc) is 2.71. The SMILES string of the molecule is CCCN(CC(=O)O)C(=O)CN1C(=O)N(C)C2(CCCCC2)C1=O. The van der Waals surface area contributed by atoms with E-state index in [1.807, 2.05) is 6.92 Å². The van der Waals surface area contributed by atoms with Gasteiger partial charge in [0.1, 0.15) is 18.6 Å². The van der Waals surface area contributed by atoms with Gasteiger partial charge in [-0.25, -0.2) is 4.79 Å². The predicted octanol–water partition coefficient (Wildman–Crippen LogP) is 0.906. The molecule has 1 spiro atoms. The van der Waals surface area contributed by atoms with Crippen molar-refractivity contribution in [2.45, 2.75) is 51.0 Å². The first-order valence-corrected chi connectivity index (χ1v) is 8.43. The molecular weight excluding hydrogens is 314 g/mol. The Morgan fingerprint density at radius 3 is 2.38 bits per heavy atom. The lowest BCUT2D eigenvalue weighted by Crippen LogP contribution is -2.50. The van der Waals surface area contributed by atoms with Crippen LogP contribution in [-0.4, -0.2) is 75.8 Å². The smallest absolute Gasteiger partial charge is 0.327 e. The van der Waals surface area contributed by atoms with Crippen molar-refractivity contribution >= 4 is 23.8 Å². The van der Waals surface area contributed by atoms with Crippen LogP contribution in [0.25, 0.3) is 0 Å². The van der Waals surface area contributed by atoms with Gasteiger partial charge in [-0.05, 0) is 19.3 Å². The first-order chi connectivity index (χ1) is 11.3. The highest BCUT2D eigenvalue weighted by Crippen LogP contribution is 2.39. The van der Waals surface area contributed by atoms with E-state index in [0.717, 1.165) is 24.2 Å². The average molecular weight is 339 g/mol. The summed E-state index contributed by atoms with van der Waals surface area (Å²) in [6.07, 6.45) is 4.64. The summed E-state index contributed by atoms with van der Waals surface area (Å²) in [6.45, 7) is 1.29. The number of carbonyl (C=O) groups excluding carboxylic acids is 3. The van der Waals surface area contributed by atoms with Gasteiger partial charge in [-0.3, -0.25) is 19.3 Å². The third-order valence-corrected chi connectivity index (χ3v) is 4.95. The van der Waals surface area contributed by atoms with Crippen LogP contribution in [0.4, 0.5) is 4.79 Å². The Hall–Kier alpha value is -2.12. The van der Waals surface area contributed by atoms with Gasteiger partial charge in [-0.2, -0.15) is 0 Å². The zero-order chi connectivity index (χ0) is 17.9. The summed E-state index contributed by atoms with van der Waals surface area (Å²) in [7, 11) is 1.61. The van der Waals surface area contributed by atoms with Crippen molar-refractivity contribution in [2.75, 3.05) is 26.7 Å². The lowest BCUT2D eigenvalue weighted by Gasteiger charge is -2.35. The number of amides is 4. The minimum atomic E-state index is -1.11. The molecule has 24 heavy (non-hydrogen) atoms. The van der Waals surface area contributed by atoms with Gasteiger partial charge < -0.3 is 14.9 Å². The highest BCUT2D eigenvalue weighted by atomic mass is 16.4. The van der Waals surface area contributed by atoms with E-state index >= 15 is 0 Å². The third-order valence-electron chi connectivity index (χ3n) is 4.95. The molecule has 2 aliphatic rings. The second-order valence-corrected chi connectivity index (χ2v) is 6.53. The Balaban J connectivity index is 2.13. The molecule has 134 valence electrons. The van der Waals surface area contributed by atoms with Gasteiger partial charge in [0.05, 0.1) is 0 Å². The lowest BCUT2D eigenvalue weighted by molar-refractivity contribution is -0.146. The molecule has 0 aromatic carbocycles. The Labute approximate surface area is 141 Å². The largest absolute Gasteiger partial charge is 0.480 e. The Morgan fingerprint density at radius 2 is 1.83 bits per heavy atom. The molecule has 1 aliphatic heterocycles. The monoisotopic (exact) mass is 339 g/mol. The molecule has 1 N–H and O–H groups in total. The summed E-state index contributed by atoms with van der Waals surface area (Å²) in [5.41, 5.74) is -0.821.